The molecule has 1 aromatic carbocycles. The fraction of sp³-hybridized carbons (Fsp3) is 0.214. The molecule has 2 heterocycles. The molecule has 3 rings (SSSR count). The van der Waals surface area contributed by atoms with E-state index >= 15 is 0 Å². The van der Waals surface area contributed by atoms with Crippen molar-refractivity contribution in [1.29, 1.82) is 0 Å². The highest BCUT2D eigenvalue weighted by molar-refractivity contribution is 7.80. The molecule has 0 amide bonds. The summed E-state index contributed by atoms with van der Waals surface area (Å²) in [6, 6.07) is 9.85. The van der Waals surface area contributed by atoms with Crippen molar-refractivity contribution >= 4 is 23.0 Å². The van der Waals surface area contributed by atoms with Crippen LogP contribution in [0, 0.1) is 0 Å². The van der Waals surface area contributed by atoms with Crippen LogP contribution in [0.25, 0.3) is 0 Å². The van der Waals surface area contributed by atoms with Crippen LogP contribution in [0.3, 0.4) is 0 Å². The number of nitrogens with zero attached hydrogens (tertiary/aromatic N) is 2. The Morgan fingerprint density at radius 3 is 3.05 bits per heavy atom. The third-order valence-corrected chi connectivity index (χ3v) is 3.48. The summed E-state index contributed by atoms with van der Waals surface area (Å²) in [6.45, 7) is 0.664. The van der Waals surface area contributed by atoms with E-state index in [1.807, 2.05) is 24.3 Å². The van der Waals surface area contributed by atoms with E-state index in [4.69, 9.17) is 22.7 Å². The van der Waals surface area contributed by atoms with E-state index in [0.29, 0.717) is 23.0 Å². The fourth-order valence-corrected chi connectivity index (χ4v) is 2.46. The lowest BCUT2D eigenvalue weighted by Gasteiger charge is -2.27. The molecule has 0 bridgehead atoms. The van der Waals surface area contributed by atoms with Crippen LogP contribution in [0.4, 0.5) is 5.82 Å². The summed E-state index contributed by atoms with van der Waals surface area (Å²) in [5, 5.41) is 11.4. The molecule has 1 atom stereocenters. The summed E-state index contributed by atoms with van der Waals surface area (Å²) in [4.78, 5) is 0.308. The van der Waals surface area contributed by atoms with Gasteiger partial charge in [-0.2, -0.15) is 5.10 Å². The highest BCUT2D eigenvalue weighted by atomic mass is 32.1. The van der Waals surface area contributed by atoms with Gasteiger partial charge in [-0.1, -0.05) is 30.4 Å². The zero-order valence-corrected chi connectivity index (χ0v) is 11.6. The van der Waals surface area contributed by atoms with Crippen LogP contribution in [0.15, 0.2) is 36.5 Å². The molecule has 1 unspecified atom stereocenters. The maximum Gasteiger partial charge on any atom is 0.159 e. The van der Waals surface area contributed by atoms with Crippen molar-refractivity contribution < 1.29 is 4.74 Å². The van der Waals surface area contributed by atoms with E-state index in [9.17, 15) is 0 Å². The predicted octanol–water partition coefficient (Wildman–Crippen LogP) is 2.05. The monoisotopic (exact) mass is 286 g/mol. The van der Waals surface area contributed by atoms with Crippen LogP contribution in [-0.2, 0) is 0 Å². The first-order valence-corrected chi connectivity index (χ1v) is 6.76. The van der Waals surface area contributed by atoms with Gasteiger partial charge in [-0.25, -0.2) is 0 Å². The number of rotatable bonds is 3. The lowest BCUT2D eigenvalue weighted by Crippen LogP contribution is -2.23. The van der Waals surface area contributed by atoms with Gasteiger partial charge in [0, 0.05) is 12.0 Å². The third kappa shape index (κ3) is 2.42. The highest BCUT2D eigenvalue weighted by Gasteiger charge is 2.22. The van der Waals surface area contributed by atoms with Gasteiger partial charge in [-0.05, 0) is 12.1 Å². The van der Waals surface area contributed by atoms with Crippen LogP contribution in [0.2, 0.25) is 0 Å². The molecular weight excluding hydrogens is 272 g/mol. The van der Waals surface area contributed by atoms with Gasteiger partial charge < -0.3 is 15.8 Å². The van der Waals surface area contributed by atoms with Crippen molar-refractivity contribution in [3.05, 3.63) is 47.7 Å². The number of nitrogens with one attached hydrogen (secondary N) is 1. The number of para-hydroxylation sites is 1. The average Bonchev–Trinajstić information content (AvgIpc) is 2.48. The third-order valence-electron chi connectivity index (χ3n) is 3.26. The van der Waals surface area contributed by atoms with Crippen LogP contribution >= 0.6 is 12.2 Å². The Kier molecular flexibility index (Phi) is 3.47. The van der Waals surface area contributed by atoms with Gasteiger partial charge in [0.25, 0.3) is 0 Å². The second kappa shape index (κ2) is 5.42. The molecule has 102 valence electrons. The molecule has 1 aliphatic heterocycles. The number of aromatic nitrogens is 2. The Morgan fingerprint density at radius 2 is 2.20 bits per heavy atom. The normalized spacial score (nSPS) is 16.9. The first-order chi connectivity index (χ1) is 9.75. The molecule has 20 heavy (non-hydrogen) atoms. The Hall–Kier alpha value is -2.21. The molecule has 1 aromatic heterocycles. The van der Waals surface area contributed by atoms with E-state index in [2.05, 4.69) is 15.5 Å². The Balaban J connectivity index is 1.92. The van der Waals surface area contributed by atoms with Crippen molar-refractivity contribution in [3.8, 4) is 5.75 Å². The fourth-order valence-electron chi connectivity index (χ4n) is 2.29. The zero-order valence-electron chi connectivity index (χ0n) is 10.7. The molecule has 6 heteroatoms. The van der Waals surface area contributed by atoms with E-state index in [0.717, 1.165) is 17.7 Å². The smallest absolute Gasteiger partial charge is 0.159 e. The van der Waals surface area contributed by atoms with Gasteiger partial charge in [-0.15, -0.1) is 5.10 Å². The van der Waals surface area contributed by atoms with Gasteiger partial charge in [0.05, 0.1) is 24.4 Å². The lowest BCUT2D eigenvalue weighted by atomic mass is 10.0. The summed E-state index contributed by atoms with van der Waals surface area (Å²) in [5.41, 5.74) is 7.53. The minimum absolute atomic E-state index is 0.116. The summed E-state index contributed by atoms with van der Waals surface area (Å²) in [5.74, 6) is 1.51. The van der Waals surface area contributed by atoms with Gasteiger partial charge in [0.2, 0.25) is 0 Å². The quantitative estimate of drug-likeness (QED) is 0.841. The molecular formula is C14H14N4OS. The van der Waals surface area contributed by atoms with Crippen LogP contribution in [0.5, 0.6) is 5.75 Å². The summed E-state index contributed by atoms with van der Waals surface area (Å²) in [6.07, 6.45) is 2.43. The topological polar surface area (TPSA) is 73.1 Å². The number of benzene rings is 1. The van der Waals surface area contributed by atoms with E-state index in [1.54, 1.807) is 12.3 Å². The number of hydrogen-bond donors (Lipinski definition) is 2. The van der Waals surface area contributed by atoms with E-state index in [-0.39, 0.29) is 6.04 Å². The number of hydrogen-bond acceptors (Lipinski definition) is 5. The molecule has 0 radical (unpaired) electrons. The van der Waals surface area contributed by atoms with Crippen molar-refractivity contribution in [2.75, 3.05) is 11.9 Å². The van der Waals surface area contributed by atoms with Crippen LogP contribution in [-0.4, -0.2) is 21.8 Å². The number of ether oxygens (including phenoxy) is 1. The van der Waals surface area contributed by atoms with Gasteiger partial charge in [0.1, 0.15) is 10.7 Å². The highest BCUT2D eigenvalue weighted by Crippen LogP contribution is 2.34. The first-order valence-electron chi connectivity index (χ1n) is 6.35. The van der Waals surface area contributed by atoms with E-state index < -0.39 is 0 Å². The Morgan fingerprint density at radius 1 is 1.35 bits per heavy atom. The van der Waals surface area contributed by atoms with Crippen molar-refractivity contribution in [1.82, 2.24) is 10.2 Å². The summed E-state index contributed by atoms with van der Waals surface area (Å²) in [7, 11) is 0. The van der Waals surface area contributed by atoms with Crippen LogP contribution in [0.1, 0.15) is 23.6 Å². The number of nitrogens with two attached hydrogens (primary N) is 1. The first kappa shape index (κ1) is 12.8. The number of anilines is 1. The standard InChI is InChI=1S/C14H14N4OS/c15-13(20)10-5-7-16-18-14(10)17-11-6-8-19-12-4-2-1-3-9(11)12/h1-5,7,11H,6,8H2,(H2,15,20)(H,17,18). The van der Waals surface area contributed by atoms with Crippen molar-refractivity contribution in [2.45, 2.75) is 12.5 Å². The molecule has 5 nitrogen and oxygen atoms in total. The number of fused-ring (bicyclic) bond motifs is 1. The molecule has 0 spiro atoms. The Bertz CT molecular complexity index is 647. The Labute approximate surface area is 122 Å². The maximum atomic E-state index is 5.71. The van der Waals surface area contributed by atoms with Crippen LogP contribution < -0.4 is 15.8 Å². The maximum absolute atomic E-state index is 5.71. The zero-order chi connectivity index (χ0) is 13.9. The molecule has 1 aliphatic rings. The molecule has 3 N–H and O–H groups in total. The summed E-state index contributed by atoms with van der Waals surface area (Å²) < 4.78 is 5.64. The molecule has 0 saturated carbocycles. The molecule has 2 aromatic rings. The minimum Gasteiger partial charge on any atom is -0.493 e. The van der Waals surface area contributed by atoms with Crippen molar-refractivity contribution in [2.24, 2.45) is 5.73 Å². The summed E-state index contributed by atoms with van der Waals surface area (Å²) >= 11 is 5.04. The average molecular weight is 286 g/mol. The second-order valence-electron chi connectivity index (χ2n) is 4.53. The molecule has 0 aliphatic carbocycles. The number of thiocarbonyl (C=S) groups is 1. The second-order valence-corrected chi connectivity index (χ2v) is 4.97. The van der Waals surface area contributed by atoms with Gasteiger partial charge >= 0.3 is 0 Å². The SMILES string of the molecule is NC(=S)c1ccnnc1NC1CCOc2ccccc21. The lowest BCUT2D eigenvalue weighted by molar-refractivity contribution is 0.274. The molecule has 0 fully saturated rings. The van der Waals surface area contributed by atoms with Gasteiger partial charge in [0.15, 0.2) is 5.82 Å². The van der Waals surface area contributed by atoms with E-state index in [1.165, 1.54) is 0 Å². The van der Waals surface area contributed by atoms with Gasteiger partial charge in [-0.3, -0.25) is 0 Å². The van der Waals surface area contributed by atoms with Crippen molar-refractivity contribution in [3.63, 3.8) is 0 Å². The predicted molar refractivity (Wildman–Crippen MR) is 80.8 cm³/mol. The largest absolute Gasteiger partial charge is 0.493 e. The molecule has 0 saturated heterocycles. The minimum atomic E-state index is 0.116.